The van der Waals surface area contributed by atoms with E-state index in [1.807, 2.05) is 0 Å². The van der Waals surface area contributed by atoms with Crippen molar-refractivity contribution in [1.29, 1.82) is 0 Å². The maximum atomic E-state index is 13.6. The van der Waals surface area contributed by atoms with Crippen LogP contribution in [0.4, 0.5) is 4.39 Å². The second-order valence-corrected chi connectivity index (χ2v) is 6.30. The zero-order valence-corrected chi connectivity index (χ0v) is 13.7. The fraction of sp³-hybridized carbons (Fsp3) is 0.312. The molecule has 0 radical (unpaired) electrons. The van der Waals surface area contributed by atoms with Crippen molar-refractivity contribution in [2.45, 2.75) is 13.8 Å². The van der Waals surface area contributed by atoms with Crippen molar-refractivity contribution < 1.29 is 14.0 Å². The molecule has 1 aromatic heterocycles. The number of halogens is 1. The van der Waals surface area contributed by atoms with Gasteiger partial charge in [-0.25, -0.2) is 9.37 Å². The standard InChI is InChI=1S/C16H17FN2O2S/c1-9(2)14(20)13-8-22-15(18-13)12-7-10(17)5-6-11(12)16(21)19(3)4/h5-9H,1-4H3. The second-order valence-electron chi connectivity index (χ2n) is 5.45. The number of thiazole rings is 1. The van der Waals surface area contributed by atoms with Crippen LogP contribution in [0.5, 0.6) is 0 Å². The number of hydrogen-bond donors (Lipinski definition) is 0. The summed E-state index contributed by atoms with van der Waals surface area (Å²) in [5.41, 5.74) is 1.12. The Balaban J connectivity index is 2.50. The number of benzene rings is 1. The van der Waals surface area contributed by atoms with E-state index in [-0.39, 0.29) is 17.6 Å². The van der Waals surface area contributed by atoms with Crippen LogP contribution < -0.4 is 0 Å². The van der Waals surface area contributed by atoms with Crippen molar-refractivity contribution >= 4 is 23.0 Å². The Labute approximate surface area is 132 Å². The SMILES string of the molecule is CC(C)C(=O)c1csc(-c2cc(F)ccc2C(=O)N(C)C)n1. The molecule has 0 saturated carbocycles. The van der Waals surface area contributed by atoms with Crippen LogP contribution in [0.15, 0.2) is 23.6 Å². The Morgan fingerprint density at radius 3 is 2.55 bits per heavy atom. The van der Waals surface area contributed by atoms with Gasteiger partial charge >= 0.3 is 0 Å². The average molecular weight is 320 g/mol. The molecule has 0 aliphatic rings. The molecule has 0 atom stereocenters. The molecule has 1 amide bonds. The van der Waals surface area contributed by atoms with Crippen molar-refractivity contribution in [3.05, 3.63) is 40.7 Å². The van der Waals surface area contributed by atoms with E-state index in [4.69, 9.17) is 0 Å². The zero-order valence-electron chi connectivity index (χ0n) is 12.9. The molecule has 0 aliphatic heterocycles. The fourth-order valence-electron chi connectivity index (χ4n) is 1.93. The number of nitrogens with zero attached hydrogens (tertiary/aromatic N) is 2. The number of hydrogen-bond acceptors (Lipinski definition) is 4. The van der Waals surface area contributed by atoms with Gasteiger partial charge in [-0.1, -0.05) is 13.8 Å². The van der Waals surface area contributed by atoms with Crippen molar-refractivity contribution in [2.75, 3.05) is 14.1 Å². The predicted molar refractivity (Wildman–Crippen MR) is 84.7 cm³/mol. The van der Waals surface area contributed by atoms with Gasteiger partial charge in [0.15, 0.2) is 5.78 Å². The highest BCUT2D eigenvalue weighted by Crippen LogP contribution is 2.29. The summed E-state index contributed by atoms with van der Waals surface area (Å²) in [5, 5.41) is 2.11. The molecule has 0 N–H and O–H groups in total. The van der Waals surface area contributed by atoms with Gasteiger partial charge in [-0.05, 0) is 18.2 Å². The first-order valence-electron chi connectivity index (χ1n) is 6.82. The van der Waals surface area contributed by atoms with E-state index < -0.39 is 5.82 Å². The lowest BCUT2D eigenvalue weighted by Gasteiger charge is -2.13. The van der Waals surface area contributed by atoms with Gasteiger partial charge in [-0.15, -0.1) is 11.3 Å². The van der Waals surface area contributed by atoms with Gasteiger partial charge in [0.2, 0.25) is 0 Å². The number of rotatable bonds is 4. The maximum absolute atomic E-state index is 13.6. The largest absolute Gasteiger partial charge is 0.345 e. The quantitative estimate of drug-likeness (QED) is 0.810. The van der Waals surface area contributed by atoms with E-state index in [2.05, 4.69) is 4.98 Å². The Kier molecular flexibility index (Phi) is 4.71. The van der Waals surface area contributed by atoms with E-state index in [1.165, 1.54) is 34.4 Å². The number of aromatic nitrogens is 1. The lowest BCUT2D eigenvalue weighted by Crippen LogP contribution is -2.22. The number of amides is 1. The van der Waals surface area contributed by atoms with E-state index >= 15 is 0 Å². The van der Waals surface area contributed by atoms with Crippen LogP contribution in [0.3, 0.4) is 0 Å². The van der Waals surface area contributed by atoms with Crippen LogP contribution in [0.25, 0.3) is 10.6 Å². The highest BCUT2D eigenvalue weighted by molar-refractivity contribution is 7.13. The Hall–Kier alpha value is -2.08. The van der Waals surface area contributed by atoms with Crippen LogP contribution in [-0.2, 0) is 0 Å². The molecule has 1 heterocycles. The average Bonchev–Trinajstić information content (AvgIpc) is 2.94. The first kappa shape index (κ1) is 16.3. The normalized spacial score (nSPS) is 10.8. The number of carbonyl (C=O) groups excluding carboxylic acids is 2. The Morgan fingerprint density at radius 2 is 1.95 bits per heavy atom. The summed E-state index contributed by atoms with van der Waals surface area (Å²) >= 11 is 1.23. The van der Waals surface area contributed by atoms with Gasteiger partial charge in [0.1, 0.15) is 16.5 Å². The molecular formula is C16H17FN2O2S. The molecule has 0 unspecified atom stereocenters. The zero-order chi connectivity index (χ0) is 16.4. The third-order valence-electron chi connectivity index (χ3n) is 3.13. The van der Waals surface area contributed by atoms with Gasteiger partial charge in [-0.2, -0.15) is 0 Å². The van der Waals surface area contributed by atoms with Gasteiger partial charge in [0.05, 0.1) is 0 Å². The second kappa shape index (κ2) is 6.36. The number of carbonyl (C=O) groups is 2. The summed E-state index contributed by atoms with van der Waals surface area (Å²) in [4.78, 5) is 29.9. The molecule has 0 fully saturated rings. The number of Topliss-reactive ketones (excluding diaryl/α,β-unsaturated/α-hetero) is 1. The molecule has 0 bridgehead atoms. The van der Waals surface area contributed by atoms with Gasteiger partial charge in [-0.3, -0.25) is 9.59 Å². The number of ketones is 1. The fourth-order valence-corrected chi connectivity index (χ4v) is 2.77. The topological polar surface area (TPSA) is 50.3 Å². The van der Waals surface area contributed by atoms with Crippen LogP contribution >= 0.6 is 11.3 Å². The van der Waals surface area contributed by atoms with Gasteiger partial charge in [0, 0.05) is 36.5 Å². The molecular weight excluding hydrogens is 303 g/mol. The molecule has 0 aliphatic carbocycles. The highest BCUT2D eigenvalue weighted by atomic mass is 32.1. The highest BCUT2D eigenvalue weighted by Gasteiger charge is 2.20. The molecule has 4 nitrogen and oxygen atoms in total. The van der Waals surface area contributed by atoms with Gasteiger partial charge in [0.25, 0.3) is 5.91 Å². The summed E-state index contributed by atoms with van der Waals surface area (Å²) in [7, 11) is 3.26. The molecule has 22 heavy (non-hydrogen) atoms. The molecule has 6 heteroatoms. The molecule has 0 spiro atoms. The Morgan fingerprint density at radius 1 is 1.27 bits per heavy atom. The maximum Gasteiger partial charge on any atom is 0.254 e. The Bertz CT molecular complexity index is 723. The summed E-state index contributed by atoms with van der Waals surface area (Å²) in [6.45, 7) is 3.59. The summed E-state index contributed by atoms with van der Waals surface area (Å²) in [6.07, 6.45) is 0. The van der Waals surface area contributed by atoms with Crippen LogP contribution in [0, 0.1) is 11.7 Å². The molecule has 1 aromatic carbocycles. The van der Waals surface area contributed by atoms with E-state index in [0.717, 1.165) is 0 Å². The monoisotopic (exact) mass is 320 g/mol. The third-order valence-corrected chi connectivity index (χ3v) is 4.01. The molecule has 2 rings (SSSR count). The summed E-state index contributed by atoms with van der Waals surface area (Å²) in [6, 6.07) is 3.96. The van der Waals surface area contributed by atoms with Crippen molar-refractivity contribution in [3.8, 4) is 10.6 Å². The smallest absolute Gasteiger partial charge is 0.254 e. The first-order chi connectivity index (χ1) is 10.3. The van der Waals surface area contributed by atoms with E-state index in [9.17, 15) is 14.0 Å². The van der Waals surface area contributed by atoms with Crippen LogP contribution in [0.1, 0.15) is 34.7 Å². The van der Waals surface area contributed by atoms with Crippen LogP contribution in [0.2, 0.25) is 0 Å². The van der Waals surface area contributed by atoms with Crippen molar-refractivity contribution in [3.63, 3.8) is 0 Å². The minimum absolute atomic E-state index is 0.0700. The van der Waals surface area contributed by atoms with Gasteiger partial charge < -0.3 is 4.90 Å². The van der Waals surface area contributed by atoms with Crippen molar-refractivity contribution in [1.82, 2.24) is 9.88 Å². The minimum Gasteiger partial charge on any atom is -0.345 e. The van der Waals surface area contributed by atoms with Crippen LogP contribution in [-0.4, -0.2) is 35.7 Å². The summed E-state index contributed by atoms with van der Waals surface area (Å²) < 4.78 is 13.6. The summed E-state index contributed by atoms with van der Waals surface area (Å²) in [5.74, 6) is -0.913. The van der Waals surface area contributed by atoms with E-state index in [0.29, 0.717) is 21.8 Å². The lowest BCUT2D eigenvalue weighted by molar-refractivity contribution is 0.0828. The van der Waals surface area contributed by atoms with Crippen molar-refractivity contribution in [2.24, 2.45) is 5.92 Å². The van der Waals surface area contributed by atoms with E-state index in [1.54, 1.807) is 33.3 Å². The first-order valence-corrected chi connectivity index (χ1v) is 7.70. The predicted octanol–water partition coefficient (Wildman–Crippen LogP) is 3.49. The minimum atomic E-state index is -0.447. The molecule has 0 saturated heterocycles. The molecule has 2 aromatic rings. The lowest BCUT2D eigenvalue weighted by atomic mass is 10.1. The molecule has 116 valence electrons. The third kappa shape index (κ3) is 3.22.